The van der Waals surface area contributed by atoms with Crippen LogP contribution in [0.25, 0.3) is 0 Å². The van der Waals surface area contributed by atoms with Crippen LogP contribution in [0.15, 0.2) is 9.98 Å². The van der Waals surface area contributed by atoms with Crippen LogP contribution in [-0.4, -0.2) is 50.2 Å². The van der Waals surface area contributed by atoms with Gasteiger partial charge in [-0.2, -0.15) is 0 Å². The summed E-state index contributed by atoms with van der Waals surface area (Å²) < 4.78 is 0. The van der Waals surface area contributed by atoms with Crippen molar-refractivity contribution in [2.75, 3.05) is 31.9 Å². The Morgan fingerprint density at radius 1 is 1.23 bits per heavy atom. The van der Waals surface area contributed by atoms with Crippen LogP contribution < -0.4 is 0 Å². The van der Waals surface area contributed by atoms with Crippen molar-refractivity contribution in [1.29, 1.82) is 0 Å². The van der Waals surface area contributed by atoms with E-state index in [1.54, 1.807) is 11.8 Å². The molecule has 0 saturated carbocycles. The second-order valence-electron chi connectivity index (χ2n) is 2.38. The van der Waals surface area contributed by atoms with Crippen LogP contribution >= 0.6 is 11.8 Å². The van der Waals surface area contributed by atoms with Gasteiger partial charge in [0.15, 0.2) is 0 Å². The maximum atomic E-state index is 3.68. The summed E-state index contributed by atoms with van der Waals surface area (Å²) in [7, 11) is 2.01. The molecule has 0 aliphatic rings. The summed E-state index contributed by atoms with van der Waals surface area (Å²) in [6, 6.07) is 0. The summed E-state index contributed by atoms with van der Waals surface area (Å²) in [6.45, 7) is 12.7. The zero-order valence-electron chi connectivity index (χ0n) is 8.99. The van der Waals surface area contributed by atoms with E-state index >= 15 is 0 Å². The Morgan fingerprint density at radius 2 is 1.85 bits per heavy atom. The van der Waals surface area contributed by atoms with Crippen molar-refractivity contribution in [3.05, 3.63) is 0 Å². The summed E-state index contributed by atoms with van der Waals surface area (Å²) in [5, 5.41) is 0. The molecule has 0 heterocycles. The van der Waals surface area contributed by atoms with E-state index < -0.39 is 0 Å². The number of aliphatic imine (C=N–C) groups is 2. The Balaban J connectivity index is 0. The van der Waals surface area contributed by atoms with Gasteiger partial charge in [-0.1, -0.05) is 13.8 Å². The minimum absolute atomic E-state index is 0.747. The normalized spacial score (nSPS) is 8.92. The smallest absolute Gasteiger partial charge is 0.0899 e. The first-order valence-corrected chi connectivity index (χ1v) is 5.49. The van der Waals surface area contributed by atoms with Gasteiger partial charge in [0.05, 0.1) is 12.5 Å². The van der Waals surface area contributed by atoms with E-state index in [-0.39, 0.29) is 0 Å². The zero-order valence-corrected chi connectivity index (χ0v) is 9.81. The Hall–Kier alpha value is -0.350. The molecule has 0 amide bonds. The van der Waals surface area contributed by atoms with Crippen LogP contribution in [-0.2, 0) is 0 Å². The van der Waals surface area contributed by atoms with E-state index in [9.17, 15) is 0 Å². The second kappa shape index (κ2) is 14.2. The largest absolute Gasteiger partial charge is 0.290 e. The lowest BCUT2D eigenvalue weighted by molar-refractivity contribution is 0.367. The summed E-state index contributed by atoms with van der Waals surface area (Å²) >= 11 is 1.78. The lowest BCUT2D eigenvalue weighted by Gasteiger charge is -2.07. The van der Waals surface area contributed by atoms with Gasteiger partial charge >= 0.3 is 0 Å². The number of rotatable bonds is 6. The predicted octanol–water partition coefficient (Wildman–Crippen LogP) is 1.99. The molecule has 0 aromatic heterocycles. The summed E-state index contributed by atoms with van der Waals surface area (Å²) in [6.07, 6.45) is 0. The van der Waals surface area contributed by atoms with Crippen molar-refractivity contribution in [2.24, 2.45) is 9.98 Å². The molecule has 0 fully saturated rings. The monoisotopic (exact) mass is 203 g/mol. The lowest BCUT2D eigenvalue weighted by atomic mass is 10.7. The fourth-order valence-electron chi connectivity index (χ4n) is 0.427. The average molecular weight is 203 g/mol. The Bertz CT molecular complexity index is 117. The minimum atomic E-state index is 0.747. The zero-order chi connectivity index (χ0) is 10.5. The van der Waals surface area contributed by atoms with Gasteiger partial charge in [-0.3, -0.25) is 14.9 Å². The van der Waals surface area contributed by atoms with Crippen LogP contribution in [0.1, 0.15) is 13.8 Å². The highest BCUT2D eigenvalue weighted by Crippen LogP contribution is 1.95. The van der Waals surface area contributed by atoms with E-state index in [2.05, 4.69) is 42.2 Å². The molecule has 0 bridgehead atoms. The lowest BCUT2D eigenvalue weighted by Crippen LogP contribution is -2.16. The van der Waals surface area contributed by atoms with E-state index in [0.29, 0.717) is 0 Å². The van der Waals surface area contributed by atoms with Crippen LogP contribution in [0.4, 0.5) is 0 Å². The number of nitrogens with zero attached hydrogens (tertiary/aromatic N) is 3. The van der Waals surface area contributed by atoms with Crippen LogP contribution in [0.2, 0.25) is 0 Å². The molecule has 78 valence electrons. The Morgan fingerprint density at radius 3 is 2.00 bits per heavy atom. The van der Waals surface area contributed by atoms with Gasteiger partial charge in [-0.15, -0.1) is 11.8 Å². The van der Waals surface area contributed by atoms with Crippen molar-refractivity contribution >= 4 is 25.2 Å². The van der Waals surface area contributed by atoms with E-state index in [1.807, 2.05) is 7.05 Å². The highest BCUT2D eigenvalue weighted by molar-refractivity contribution is 7.99. The first kappa shape index (κ1) is 15.1. The molecule has 0 aliphatic carbocycles. The average Bonchev–Trinajstić information content (AvgIpc) is 2.16. The second-order valence-corrected chi connectivity index (χ2v) is 3.63. The summed E-state index contributed by atoms with van der Waals surface area (Å²) in [4.78, 5) is 9.40. The summed E-state index contributed by atoms with van der Waals surface area (Å²) in [5.74, 6) is 1.98. The maximum Gasteiger partial charge on any atom is 0.0899 e. The third-order valence-electron chi connectivity index (χ3n) is 1.27. The van der Waals surface area contributed by atoms with Gasteiger partial charge in [0.1, 0.15) is 0 Å². The fraction of sp³-hybridized carbons (Fsp3) is 0.778. The number of thioether (sulfide) groups is 1. The molecule has 0 radical (unpaired) electrons. The van der Waals surface area contributed by atoms with Crippen LogP contribution in [0.5, 0.6) is 0 Å². The van der Waals surface area contributed by atoms with Gasteiger partial charge in [0.2, 0.25) is 0 Å². The van der Waals surface area contributed by atoms with E-state index in [4.69, 9.17) is 0 Å². The number of hydrogen-bond donors (Lipinski definition) is 0. The van der Waals surface area contributed by atoms with Crippen molar-refractivity contribution in [3.63, 3.8) is 0 Å². The van der Waals surface area contributed by atoms with E-state index in [1.165, 1.54) is 0 Å². The van der Waals surface area contributed by atoms with Gasteiger partial charge in [-0.25, -0.2) is 0 Å². The fourth-order valence-corrected chi connectivity index (χ4v) is 0.738. The summed E-state index contributed by atoms with van der Waals surface area (Å²) in [5.41, 5.74) is 0. The molecule has 0 aliphatic heterocycles. The molecule has 0 rings (SSSR count). The molecule has 0 atom stereocenters. The maximum absolute atomic E-state index is 3.68. The molecule has 0 spiro atoms. The predicted molar refractivity (Wildman–Crippen MR) is 65.3 cm³/mol. The third-order valence-corrected chi connectivity index (χ3v) is 2.04. The molecular weight excluding hydrogens is 182 g/mol. The van der Waals surface area contributed by atoms with Gasteiger partial charge in [-0.05, 0) is 32.8 Å². The molecule has 3 nitrogen and oxygen atoms in total. The first-order valence-electron chi connectivity index (χ1n) is 4.34. The Labute approximate surface area is 86.3 Å². The molecule has 0 unspecified atom stereocenters. The molecular formula is C9H21N3S. The van der Waals surface area contributed by atoms with Gasteiger partial charge in [0, 0.05) is 0 Å². The van der Waals surface area contributed by atoms with Crippen molar-refractivity contribution in [1.82, 2.24) is 4.90 Å². The molecule has 0 saturated heterocycles. The minimum Gasteiger partial charge on any atom is -0.290 e. The molecule has 0 aromatic rings. The SMILES string of the molecule is C=NCN(C)CC.C=NCSCC. The van der Waals surface area contributed by atoms with Crippen LogP contribution in [0, 0.1) is 0 Å². The van der Waals surface area contributed by atoms with Crippen molar-refractivity contribution in [3.8, 4) is 0 Å². The Kier molecular flexibility index (Phi) is 16.5. The molecule has 0 N–H and O–H groups in total. The molecule has 13 heavy (non-hydrogen) atoms. The standard InChI is InChI=1S/C5H12N2.C4H9NS/c1-4-7(3)5-6-2;1-3-6-4-5-2/h2,4-5H2,1,3H3;2-4H2,1H3. The number of hydrogen-bond acceptors (Lipinski definition) is 4. The van der Waals surface area contributed by atoms with Gasteiger partial charge in [0.25, 0.3) is 0 Å². The third kappa shape index (κ3) is 18.5. The van der Waals surface area contributed by atoms with Crippen molar-refractivity contribution in [2.45, 2.75) is 13.8 Å². The van der Waals surface area contributed by atoms with Crippen LogP contribution in [0.3, 0.4) is 0 Å². The quantitative estimate of drug-likeness (QED) is 0.488. The van der Waals surface area contributed by atoms with E-state index in [0.717, 1.165) is 24.8 Å². The topological polar surface area (TPSA) is 28.0 Å². The highest BCUT2D eigenvalue weighted by Gasteiger charge is 1.84. The van der Waals surface area contributed by atoms with Gasteiger partial charge < -0.3 is 0 Å². The first-order chi connectivity index (χ1) is 6.22. The van der Waals surface area contributed by atoms with Crippen molar-refractivity contribution < 1.29 is 0 Å². The molecule has 4 heteroatoms. The molecule has 0 aromatic carbocycles. The highest BCUT2D eigenvalue weighted by atomic mass is 32.2.